The van der Waals surface area contributed by atoms with Crippen molar-refractivity contribution in [2.45, 2.75) is 56.5 Å². The largest absolute Gasteiger partial charge is 0.469 e. The molecule has 2 bridgehead atoms. The molecule has 23 heavy (non-hydrogen) atoms. The SMILES string of the molecule is CC1(C)O[C@@H]2C(=O)[C@H](O1)C(C1=CCC3OCOC3=C1)[C@@H](N)[C@@H]2O. The Hall–Kier alpha value is -1.25. The Balaban J connectivity index is 1.69. The fraction of sp³-hybridized carbons (Fsp3) is 0.688. The van der Waals surface area contributed by atoms with Crippen LogP contribution in [0.4, 0.5) is 0 Å². The molecule has 3 N–H and O–H groups in total. The summed E-state index contributed by atoms with van der Waals surface area (Å²) in [5.41, 5.74) is 7.08. The quantitative estimate of drug-likeness (QED) is 0.699. The molecular weight excluding hydrogens is 302 g/mol. The van der Waals surface area contributed by atoms with E-state index < -0.39 is 36.1 Å². The van der Waals surface area contributed by atoms with E-state index in [1.165, 1.54) is 0 Å². The number of nitrogens with two attached hydrogens (primary N) is 1. The van der Waals surface area contributed by atoms with Crippen LogP contribution in [0.2, 0.25) is 0 Å². The average molecular weight is 323 g/mol. The number of carbonyl (C=O) groups is 1. The Morgan fingerprint density at radius 1 is 1.30 bits per heavy atom. The molecule has 126 valence electrons. The van der Waals surface area contributed by atoms with Crippen LogP contribution in [0.1, 0.15) is 20.3 Å². The molecule has 7 nitrogen and oxygen atoms in total. The fourth-order valence-electron chi connectivity index (χ4n) is 3.80. The minimum atomic E-state index is -1.07. The van der Waals surface area contributed by atoms with Crippen LogP contribution in [0.15, 0.2) is 23.5 Å². The minimum Gasteiger partial charge on any atom is -0.469 e. The van der Waals surface area contributed by atoms with Crippen LogP contribution in [-0.2, 0) is 23.7 Å². The van der Waals surface area contributed by atoms with Crippen LogP contribution >= 0.6 is 0 Å². The number of Topliss-reactive ketones (excluding diaryl/α,β-unsaturated/α-hetero) is 1. The van der Waals surface area contributed by atoms with Gasteiger partial charge < -0.3 is 29.8 Å². The second-order valence-corrected chi connectivity index (χ2v) is 6.88. The first-order valence-electron chi connectivity index (χ1n) is 7.86. The summed E-state index contributed by atoms with van der Waals surface area (Å²) in [7, 11) is 0. The molecule has 2 unspecified atom stereocenters. The van der Waals surface area contributed by atoms with E-state index in [4.69, 9.17) is 24.7 Å². The zero-order chi connectivity index (χ0) is 16.4. The van der Waals surface area contributed by atoms with E-state index in [9.17, 15) is 9.90 Å². The van der Waals surface area contributed by atoms with Crippen molar-refractivity contribution >= 4 is 5.78 Å². The second kappa shape index (κ2) is 5.12. The number of allylic oxidation sites excluding steroid dienone is 1. The van der Waals surface area contributed by atoms with E-state index in [1.54, 1.807) is 13.8 Å². The predicted molar refractivity (Wildman–Crippen MR) is 77.9 cm³/mol. The van der Waals surface area contributed by atoms with Crippen LogP contribution in [-0.4, -0.2) is 53.9 Å². The highest BCUT2D eigenvalue weighted by atomic mass is 16.7. The monoisotopic (exact) mass is 323 g/mol. The van der Waals surface area contributed by atoms with Gasteiger partial charge >= 0.3 is 0 Å². The van der Waals surface area contributed by atoms with Crippen LogP contribution < -0.4 is 5.73 Å². The van der Waals surface area contributed by atoms with Crippen molar-refractivity contribution in [2.75, 3.05) is 6.79 Å². The third-order valence-corrected chi connectivity index (χ3v) is 4.90. The molecular formula is C16H21NO6. The van der Waals surface area contributed by atoms with Gasteiger partial charge in [-0.15, -0.1) is 0 Å². The lowest BCUT2D eigenvalue weighted by atomic mass is 9.72. The third-order valence-electron chi connectivity index (χ3n) is 4.90. The lowest BCUT2D eigenvalue weighted by Crippen LogP contribution is -2.69. The maximum atomic E-state index is 12.6. The summed E-state index contributed by atoms with van der Waals surface area (Å²) in [6, 6.07) is -0.652. The number of hydrogen-bond acceptors (Lipinski definition) is 7. The average Bonchev–Trinajstić information content (AvgIpc) is 2.96. The summed E-state index contributed by atoms with van der Waals surface area (Å²) < 4.78 is 22.3. The Morgan fingerprint density at radius 2 is 2.04 bits per heavy atom. The van der Waals surface area contributed by atoms with E-state index in [2.05, 4.69) is 0 Å². The number of rotatable bonds is 1. The van der Waals surface area contributed by atoms with Crippen molar-refractivity contribution in [2.24, 2.45) is 11.7 Å². The van der Waals surface area contributed by atoms with Gasteiger partial charge in [0.25, 0.3) is 0 Å². The maximum absolute atomic E-state index is 12.6. The molecule has 4 aliphatic rings. The lowest BCUT2D eigenvalue weighted by Gasteiger charge is -2.50. The molecule has 3 fully saturated rings. The van der Waals surface area contributed by atoms with Gasteiger partial charge in [0.15, 0.2) is 18.4 Å². The number of carbonyl (C=O) groups excluding carboxylic acids is 1. The number of ether oxygens (including phenoxy) is 4. The van der Waals surface area contributed by atoms with E-state index in [1.807, 2.05) is 12.2 Å². The molecule has 1 saturated carbocycles. The van der Waals surface area contributed by atoms with E-state index >= 15 is 0 Å². The first kappa shape index (κ1) is 15.3. The molecule has 0 amide bonds. The molecule has 4 rings (SSSR count). The van der Waals surface area contributed by atoms with Crippen molar-refractivity contribution < 1.29 is 28.8 Å². The summed E-state index contributed by atoms with van der Waals surface area (Å²) in [5, 5.41) is 10.5. The van der Waals surface area contributed by atoms with Crippen LogP contribution in [0.3, 0.4) is 0 Å². The summed E-state index contributed by atoms with van der Waals surface area (Å²) in [6.07, 6.45) is 1.70. The smallest absolute Gasteiger partial charge is 0.193 e. The van der Waals surface area contributed by atoms with Crippen molar-refractivity contribution in [1.82, 2.24) is 0 Å². The third kappa shape index (κ3) is 2.35. The molecule has 7 heteroatoms. The van der Waals surface area contributed by atoms with Gasteiger partial charge in [0.05, 0.1) is 0 Å². The topological polar surface area (TPSA) is 100 Å². The summed E-state index contributed by atoms with van der Waals surface area (Å²) in [4.78, 5) is 12.6. The molecule has 2 heterocycles. The van der Waals surface area contributed by atoms with Crippen LogP contribution in [0, 0.1) is 5.92 Å². The normalized spacial score (nSPS) is 45.0. The van der Waals surface area contributed by atoms with Gasteiger partial charge in [-0.25, -0.2) is 0 Å². The Bertz CT molecular complexity index is 597. The van der Waals surface area contributed by atoms with Crippen molar-refractivity contribution in [3.8, 4) is 0 Å². The number of aliphatic hydroxyl groups excluding tert-OH is 1. The molecule has 0 radical (unpaired) electrons. The highest BCUT2D eigenvalue weighted by molar-refractivity contribution is 5.90. The van der Waals surface area contributed by atoms with E-state index in [0.29, 0.717) is 6.42 Å². The van der Waals surface area contributed by atoms with Gasteiger partial charge in [0.1, 0.15) is 30.2 Å². The molecule has 0 spiro atoms. The molecule has 2 aliphatic carbocycles. The number of hydrogen-bond donors (Lipinski definition) is 2. The van der Waals surface area contributed by atoms with Crippen molar-refractivity contribution in [1.29, 1.82) is 0 Å². The van der Waals surface area contributed by atoms with Gasteiger partial charge in [0.2, 0.25) is 0 Å². The fourth-order valence-corrected chi connectivity index (χ4v) is 3.80. The Kier molecular flexibility index (Phi) is 3.40. The lowest BCUT2D eigenvalue weighted by molar-refractivity contribution is -0.311. The highest BCUT2D eigenvalue weighted by Gasteiger charge is 2.57. The van der Waals surface area contributed by atoms with E-state index in [-0.39, 0.29) is 18.7 Å². The van der Waals surface area contributed by atoms with E-state index in [0.717, 1.165) is 11.3 Å². The zero-order valence-electron chi connectivity index (χ0n) is 13.1. The van der Waals surface area contributed by atoms with Crippen LogP contribution in [0.25, 0.3) is 0 Å². The summed E-state index contributed by atoms with van der Waals surface area (Å²) in [5.74, 6) is -0.895. The molecule has 0 aromatic carbocycles. The summed E-state index contributed by atoms with van der Waals surface area (Å²) >= 11 is 0. The number of aliphatic hydroxyl groups is 1. The second-order valence-electron chi connectivity index (χ2n) is 6.88. The van der Waals surface area contributed by atoms with Gasteiger partial charge in [0, 0.05) is 12.0 Å². The highest BCUT2D eigenvalue weighted by Crippen LogP contribution is 2.41. The minimum absolute atomic E-state index is 0.0704. The summed E-state index contributed by atoms with van der Waals surface area (Å²) in [6.45, 7) is 3.70. The molecule has 2 saturated heterocycles. The van der Waals surface area contributed by atoms with Crippen molar-refractivity contribution in [3.63, 3.8) is 0 Å². The molecule has 6 atom stereocenters. The number of fused-ring (bicyclic) bond motifs is 3. The predicted octanol–water partition coefficient (Wildman–Crippen LogP) is -0.0195. The first-order chi connectivity index (χ1) is 10.9. The van der Waals surface area contributed by atoms with Gasteiger partial charge in [-0.05, 0) is 31.9 Å². The van der Waals surface area contributed by atoms with Crippen molar-refractivity contribution in [3.05, 3.63) is 23.5 Å². The maximum Gasteiger partial charge on any atom is 0.193 e. The molecule has 2 aliphatic heterocycles. The Labute approximate surface area is 134 Å². The zero-order valence-corrected chi connectivity index (χ0v) is 13.1. The van der Waals surface area contributed by atoms with Crippen LogP contribution in [0.5, 0.6) is 0 Å². The molecule has 0 aromatic heterocycles. The first-order valence-corrected chi connectivity index (χ1v) is 7.86. The van der Waals surface area contributed by atoms with Gasteiger partial charge in [-0.2, -0.15) is 0 Å². The Morgan fingerprint density at radius 3 is 2.83 bits per heavy atom. The number of ketones is 1. The van der Waals surface area contributed by atoms with Gasteiger partial charge in [-0.1, -0.05) is 6.08 Å². The van der Waals surface area contributed by atoms with Gasteiger partial charge in [-0.3, -0.25) is 4.79 Å². The molecule has 0 aromatic rings. The standard InChI is InChI=1S/C16H21NO6/c1-16(2)22-14-10(11(17)12(18)15(23-16)13(14)19)7-3-4-8-9(5-7)21-6-20-8/h3,5,8,10-12,14-15,18H,4,6,17H2,1-2H3/t8?,10?,11-,12+,14-,15+/m1/s1.